The highest BCUT2D eigenvalue weighted by Gasteiger charge is 2.16. The smallest absolute Gasteiger partial charge is 0.260 e. The van der Waals surface area contributed by atoms with Gasteiger partial charge in [-0.2, -0.15) is 5.10 Å². The van der Waals surface area contributed by atoms with E-state index in [1.807, 2.05) is 12.3 Å². The number of nitrogens with one attached hydrogen (secondary N) is 1. The van der Waals surface area contributed by atoms with Crippen molar-refractivity contribution in [3.63, 3.8) is 0 Å². The number of hydrogen-bond acceptors (Lipinski definition) is 5. The number of rotatable bonds is 2. The van der Waals surface area contributed by atoms with Gasteiger partial charge in [-0.25, -0.2) is 4.68 Å². The minimum absolute atomic E-state index is 0.109. The molecule has 0 saturated carbocycles. The number of H-pyrrole nitrogens is 1. The molecule has 1 N–H and O–H groups in total. The Hall–Kier alpha value is -2.54. The molecule has 3 heterocycles. The summed E-state index contributed by atoms with van der Waals surface area (Å²) in [5.41, 5.74) is 3.03. The van der Waals surface area contributed by atoms with Gasteiger partial charge in [0.05, 0.1) is 18.4 Å². The molecule has 4 rings (SSSR count). The lowest BCUT2D eigenvalue weighted by atomic mass is 10.1. The number of fused-ring (bicyclic) bond motifs is 1. The monoisotopic (exact) mass is 314 g/mol. The third kappa shape index (κ3) is 2.19. The first kappa shape index (κ1) is 13.1. The normalized spacial score (nSPS) is 13.8. The first-order valence-electron chi connectivity index (χ1n) is 6.92. The van der Waals surface area contributed by atoms with Crippen LogP contribution in [-0.4, -0.2) is 34.4 Å². The molecular weight excluding hydrogens is 300 g/mol. The Labute approximate surface area is 130 Å². The number of ether oxygens (including phenoxy) is 1. The van der Waals surface area contributed by atoms with Gasteiger partial charge in [0.2, 0.25) is 0 Å². The highest BCUT2D eigenvalue weighted by molar-refractivity contribution is 7.08. The molecule has 0 saturated heterocycles. The molecule has 1 aromatic carbocycles. The van der Waals surface area contributed by atoms with Crippen LogP contribution in [0.5, 0.6) is 5.75 Å². The molecule has 0 bridgehead atoms. The number of benzene rings is 1. The highest BCUT2D eigenvalue weighted by atomic mass is 32.1. The standard InChI is InChI=1S/C15H14N4O2S/c1-18-4-5-21-13-6-10(2-3-12(13)18)11-8-16-19(9-11)15-7-14(20)17-22-15/h2-3,6-9H,4-5H2,1H3,(H,17,20). The summed E-state index contributed by atoms with van der Waals surface area (Å²) >= 11 is 1.27. The number of anilines is 1. The molecule has 0 spiro atoms. The van der Waals surface area contributed by atoms with Gasteiger partial charge in [-0.3, -0.25) is 9.17 Å². The molecule has 0 atom stereocenters. The summed E-state index contributed by atoms with van der Waals surface area (Å²) in [6.45, 7) is 1.60. The average Bonchev–Trinajstić information content (AvgIpc) is 3.16. The van der Waals surface area contributed by atoms with Crippen LogP contribution in [0.2, 0.25) is 0 Å². The minimum atomic E-state index is -0.109. The van der Waals surface area contributed by atoms with E-state index in [9.17, 15) is 4.79 Å². The molecule has 3 aromatic rings. The summed E-state index contributed by atoms with van der Waals surface area (Å²) in [5, 5.41) is 5.09. The lowest BCUT2D eigenvalue weighted by Crippen LogP contribution is -2.28. The third-order valence-corrected chi connectivity index (χ3v) is 4.53. The number of nitrogens with zero attached hydrogens (tertiary/aromatic N) is 3. The third-order valence-electron chi connectivity index (χ3n) is 3.71. The van der Waals surface area contributed by atoms with Crippen LogP contribution in [0.3, 0.4) is 0 Å². The summed E-state index contributed by atoms with van der Waals surface area (Å²) < 4.78 is 10.1. The molecule has 22 heavy (non-hydrogen) atoms. The van der Waals surface area contributed by atoms with Crippen molar-refractivity contribution in [3.8, 4) is 21.9 Å². The van der Waals surface area contributed by atoms with E-state index in [4.69, 9.17) is 4.74 Å². The van der Waals surface area contributed by atoms with Gasteiger partial charge < -0.3 is 9.64 Å². The van der Waals surface area contributed by atoms with Gasteiger partial charge in [0.15, 0.2) is 0 Å². The van der Waals surface area contributed by atoms with Crippen molar-refractivity contribution in [3.05, 3.63) is 47.0 Å². The van der Waals surface area contributed by atoms with Crippen LogP contribution in [0.15, 0.2) is 41.5 Å². The molecular formula is C15H14N4O2S. The number of hydrogen-bond donors (Lipinski definition) is 1. The zero-order valence-corrected chi connectivity index (χ0v) is 12.8. The van der Waals surface area contributed by atoms with E-state index in [1.54, 1.807) is 10.9 Å². The van der Waals surface area contributed by atoms with Crippen LogP contribution in [0, 0.1) is 0 Å². The van der Waals surface area contributed by atoms with E-state index in [0.29, 0.717) is 6.61 Å². The van der Waals surface area contributed by atoms with Gasteiger partial charge in [-0.1, -0.05) is 6.07 Å². The predicted octanol–water partition coefficient (Wildman–Crippen LogP) is 2.12. The second kappa shape index (κ2) is 5.03. The Morgan fingerprint density at radius 1 is 1.32 bits per heavy atom. The van der Waals surface area contributed by atoms with Gasteiger partial charge in [0, 0.05) is 24.9 Å². The molecule has 112 valence electrons. The Morgan fingerprint density at radius 3 is 3.05 bits per heavy atom. The summed E-state index contributed by atoms with van der Waals surface area (Å²) in [6, 6.07) is 7.69. The number of likely N-dealkylation sites (N-methyl/N-ethyl adjacent to an activating group) is 1. The molecule has 0 unspecified atom stereocenters. The van der Waals surface area contributed by atoms with E-state index < -0.39 is 0 Å². The second-order valence-electron chi connectivity index (χ2n) is 5.18. The van der Waals surface area contributed by atoms with Gasteiger partial charge in [-0.15, -0.1) is 0 Å². The highest BCUT2D eigenvalue weighted by Crippen LogP contribution is 2.34. The maximum Gasteiger partial charge on any atom is 0.260 e. The van der Waals surface area contributed by atoms with Crippen molar-refractivity contribution in [1.29, 1.82) is 0 Å². The molecule has 1 aliphatic heterocycles. The van der Waals surface area contributed by atoms with Gasteiger partial charge in [0.1, 0.15) is 17.4 Å². The molecule has 2 aromatic heterocycles. The van der Waals surface area contributed by atoms with Crippen molar-refractivity contribution in [2.45, 2.75) is 0 Å². The lowest BCUT2D eigenvalue weighted by Gasteiger charge is -2.27. The van der Waals surface area contributed by atoms with Gasteiger partial charge >= 0.3 is 0 Å². The van der Waals surface area contributed by atoms with Crippen molar-refractivity contribution in [1.82, 2.24) is 14.2 Å². The van der Waals surface area contributed by atoms with Crippen LogP contribution in [0.4, 0.5) is 5.69 Å². The maximum atomic E-state index is 11.2. The quantitative estimate of drug-likeness (QED) is 0.787. The van der Waals surface area contributed by atoms with E-state index in [0.717, 1.165) is 34.1 Å². The van der Waals surface area contributed by atoms with Crippen LogP contribution in [0.25, 0.3) is 16.1 Å². The molecule has 6 nitrogen and oxygen atoms in total. The summed E-state index contributed by atoms with van der Waals surface area (Å²) in [5.74, 6) is 0.894. The fourth-order valence-electron chi connectivity index (χ4n) is 2.52. The maximum absolute atomic E-state index is 11.2. The first-order valence-corrected chi connectivity index (χ1v) is 7.74. The summed E-state index contributed by atoms with van der Waals surface area (Å²) in [4.78, 5) is 13.4. The molecule has 0 amide bonds. The zero-order chi connectivity index (χ0) is 15.1. The predicted molar refractivity (Wildman–Crippen MR) is 86.3 cm³/mol. The number of aromatic nitrogens is 3. The van der Waals surface area contributed by atoms with Crippen molar-refractivity contribution < 1.29 is 4.74 Å². The Bertz CT molecular complexity index is 880. The van der Waals surface area contributed by atoms with Crippen LogP contribution >= 0.6 is 11.5 Å². The van der Waals surface area contributed by atoms with Gasteiger partial charge in [-0.05, 0) is 29.2 Å². The van der Waals surface area contributed by atoms with Crippen molar-refractivity contribution in [2.75, 3.05) is 25.1 Å². The lowest BCUT2D eigenvalue weighted by molar-refractivity contribution is 0.311. The van der Waals surface area contributed by atoms with Crippen molar-refractivity contribution >= 4 is 17.2 Å². The van der Waals surface area contributed by atoms with Crippen LogP contribution in [0.1, 0.15) is 0 Å². The molecule has 0 radical (unpaired) electrons. The molecule has 7 heteroatoms. The van der Waals surface area contributed by atoms with Crippen LogP contribution < -0.4 is 15.2 Å². The minimum Gasteiger partial charge on any atom is -0.490 e. The topological polar surface area (TPSA) is 63.1 Å². The Kier molecular flexibility index (Phi) is 3.00. The largest absolute Gasteiger partial charge is 0.490 e. The van der Waals surface area contributed by atoms with E-state index in [1.165, 1.54) is 17.6 Å². The zero-order valence-electron chi connectivity index (χ0n) is 11.9. The first-order chi connectivity index (χ1) is 10.7. The van der Waals surface area contributed by atoms with Gasteiger partial charge in [0.25, 0.3) is 5.56 Å². The fraction of sp³-hybridized carbons (Fsp3) is 0.200. The fourth-order valence-corrected chi connectivity index (χ4v) is 3.14. The Balaban J connectivity index is 1.71. The van der Waals surface area contributed by atoms with E-state index in [2.05, 4.69) is 33.6 Å². The van der Waals surface area contributed by atoms with E-state index >= 15 is 0 Å². The summed E-state index contributed by atoms with van der Waals surface area (Å²) in [6.07, 6.45) is 3.70. The van der Waals surface area contributed by atoms with Crippen molar-refractivity contribution in [2.24, 2.45) is 0 Å². The van der Waals surface area contributed by atoms with E-state index in [-0.39, 0.29) is 5.56 Å². The molecule has 1 aliphatic rings. The van der Waals surface area contributed by atoms with Crippen LogP contribution in [-0.2, 0) is 0 Å². The molecule has 0 fully saturated rings. The Morgan fingerprint density at radius 2 is 2.23 bits per heavy atom. The average molecular weight is 314 g/mol. The molecule has 0 aliphatic carbocycles. The summed E-state index contributed by atoms with van der Waals surface area (Å²) in [7, 11) is 2.06. The second-order valence-corrected chi connectivity index (χ2v) is 6.00. The SMILES string of the molecule is CN1CCOc2cc(-c3cnn(-c4cc(=O)[nH]s4)c3)ccc21. The number of aromatic amines is 1.